The zero-order valence-corrected chi connectivity index (χ0v) is 13.3. The molecule has 20 heavy (non-hydrogen) atoms. The molecule has 0 saturated heterocycles. The van der Waals surface area contributed by atoms with E-state index in [9.17, 15) is 5.11 Å². The van der Waals surface area contributed by atoms with E-state index in [1.165, 1.54) is 29.5 Å². The molecule has 0 radical (unpaired) electrons. The number of aryl methyl sites for hydroxylation is 2. The molecule has 2 heteroatoms. The fourth-order valence-corrected chi connectivity index (χ4v) is 3.74. The highest BCUT2D eigenvalue weighted by atomic mass is 16.3. The van der Waals surface area contributed by atoms with Crippen molar-refractivity contribution >= 4 is 0 Å². The van der Waals surface area contributed by atoms with E-state index >= 15 is 0 Å². The third-order valence-corrected chi connectivity index (χ3v) is 5.38. The third kappa shape index (κ3) is 2.91. The molecule has 0 aliphatic heterocycles. The van der Waals surface area contributed by atoms with Crippen LogP contribution in [0.1, 0.15) is 55.7 Å². The molecule has 0 bridgehead atoms. The summed E-state index contributed by atoms with van der Waals surface area (Å²) in [5.74, 6) is 0.411. The predicted octanol–water partition coefficient (Wildman–Crippen LogP) is 3.53. The van der Waals surface area contributed by atoms with Crippen molar-refractivity contribution in [1.82, 2.24) is 0 Å². The summed E-state index contributed by atoms with van der Waals surface area (Å²) in [5, 5.41) is 10.9. The molecule has 2 rings (SSSR count). The number of aliphatic hydroxyl groups is 1. The van der Waals surface area contributed by atoms with Crippen LogP contribution in [0.15, 0.2) is 18.2 Å². The Hall–Kier alpha value is -0.860. The molecule has 0 heterocycles. The Morgan fingerprint density at radius 3 is 2.50 bits per heavy atom. The van der Waals surface area contributed by atoms with Crippen molar-refractivity contribution in [3.8, 4) is 0 Å². The van der Waals surface area contributed by atoms with Gasteiger partial charge in [0.25, 0.3) is 0 Å². The van der Waals surface area contributed by atoms with E-state index in [4.69, 9.17) is 5.73 Å². The number of rotatable bonds is 4. The van der Waals surface area contributed by atoms with Gasteiger partial charge in [0, 0.05) is 12.5 Å². The normalized spacial score (nSPS) is 24.6. The van der Waals surface area contributed by atoms with Gasteiger partial charge < -0.3 is 10.8 Å². The van der Waals surface area contributed by atoms with Crippen LogP contribution in [0.4, 0.5) is 0 Å². The molecule has 0 amide bonds. The summed E-state index contributed by atoms with van der Waals surface area (Å²) in [6, 6.07) is 6.46. The maximum atomic E-state index is 10.9. The lowest BCUT2D eigenvalue weighted by atomic mass is 9.73. The first kappa shape index (κ1) is 15.5. The first-order valence-electron chi connectivity index (χ1n) is 7.82. The van der Waals surface area contributed by atoms with Gasteiger partial charge in [-0.05, 0) is 54.7 Å². The van der Waals surface area contributed by atoms with Gasteiger partial charge in [0.05, 0.1) is 6.10 Å². The summed E-state index contributed by atoms with van der Waals surface area (Å²) in [6.07, 6.45) is 3.22. The zero-order chi connectivity index (χ0) is 14.9. The van der Waals surface area contributed by atoms with Gasteiger partial charge in [-0.2, -0.15) is 0 Å². The highest BCUT2D eigenvalue weighted by Gasteiger charge is 2.41. The Bertz CT molecular complexity index is 466. The summed E-state index contributed by atoms with van der Waals surface area (Å²) in [4.78, 5) is 0. The highest BCUT2D eigenvalue weighted by molar-refractivity contribution is 5.33. The van der Waals surface area contributed by atoms with Crippen LogP contribution in [0, 0.1) is 25.2 Å². The van der Waals surface area contributed by atoms with E-state index in [0.29, 0.717) is 12.5 Å². The Labute approximate surface area is 123 Å². The van der Waals surface area contributed by atoms with Gasteiger partial charge in [-0.25, -0.2) is 0 Å². The zero-order valence-electron chi connectivity index (χ0n) is 13.3. The lowest BCUT2D eigenvalue weighted by Gasteiger charge is -2.35. The van der Waals surface area contributed by atoms with E-state index in [1.807, 2.05) is 0 Å². The molecule has 1 aromatic rings. The number of nitrogens with two attached hydrogens (primary N) is 1. The van der Waals surface area contributed by atoms with Gasteiger partial charge in [0.1, 0.15) is 0 Å². The van der Waals surface area contributed by atoms with E-state index in [1.54, 1.807) is 0 Å². The van der Waals surface area contributed by atoms with Gasteiger partial charge in [0.15, 0.2) is 0 Å². The summed E-state index contributed by atoms with van der Waals surface area (Å²) in [7, 11) is 0. The van der Waals surface area contributed by atoms with Gasteiger partial charge >= 0.3 is 0 Å². The average molecular weight is 275 g/mol. The minimum Gasteiger partial charge on any atom is -0.392 e. The van der Waals surface area contributed by atoms with Gasteiger partial charge in [0.2, 0.25) is 0 Å². The van der Waals surface area contributed by atoms with Crippen LogP contribution in [0.3, 0.4) is 0 Å². The molecule has 1 fully saturated rings. The smallest absolute Gasteiger partial charge is 0.0654 e. The molecular weight excluding hydrogens is 246 g/mol. The SMILES string of the molecule is Cc1ccc(C(CN)C(O)C2CCCC2(C)C)cc1C. The van der Waals surface area contributed by atoms with Crippen LogP contribution in [-0.2, 0) is 0 Å². The summed E-state index contributed by atoms with van der Waals surface area (Å²) >= 11 is 0. The summed E-state index contributed by atoms with van der Waals surface area (Å²) in [6.45, 7) is 9.31. The van der Waals surface area contributed by atoms with Gasteiger partial charge in [-0.15, -0.1) is 0 Å². The average Bonchev–Trinajstić information content (AvgIpc) is 2.74. The quantitative estimate of drug-likeness (QED) is 0.883. The Morgan fingerprint density at radius 1 is 1.30 bits per heavy atom. The van der Waals surface area contributed by atoms with E-state index < -0.39 is 0 Å². The molecular formula is C18H29NO. The molecule has 1 saturated carbocycles. The van der Waals surface area contributed by atoms with Crippen LogP contribution >= 0.6 is 0 Å². The van der Waals surface area contributed by atoms with Crippen molar-refractivity contribution in [2.75, 3.05) is 6.54 Å². The molecule has 1 aromatic carbocycles. The van der Waals surface area contributed by atoms with Crippen molar-refractivity contribution in [3.05, 3.63) is 34.9 Å². The van der Waals surface area contributed by atoms with Crippen LogP contribution in [0.25, 0.3) is 0 Å². The first-order chi connectivity index (χ1) is 9.36. The monoisotopic (exact) mass is 275 g/mol. The second kappa shape index (κ2) is 5.87. The lowest BCUT2D eigenvalue weighted by Crippen LogP contribution is -2.37. The Morgan fingerprint density at radius 2 is 2.00 bits per heavy atom. The maximum Gasteiger partial charge on any atom is 0.0654 e. The highest BCUT2D eigenvalue weighted by Crippen LogP contribution is 2.47. The minimum atomic E-state index is -0.334. The molecule has 0 spiro atoms. The molecule has 1 aliphatic carbocycles. The maximum absolute atomic E-state index is 10.9. The number of hydrogen-bond donors (Lipinski definition) is 2. The largest absolute Gasteiger partial charge is 0.392 e. The van der Waals surface area contributed by atoms with E-state index in [2.05, 4.69) is 45.9 Å². The minimum absolute atomic E-state index is 0.0525. The molecule has 1 aliphatic rings. The fraction of sp³-hybridized carbons (Fsp3) is 0.667. The van der Waals surface area contributed by atoms with Crippen LogP contribution in [-0.4, -0.2) is 17.8 Å². The molecule has 2 nitrogen and oxygen atoms in total. The molecule has 3 N–H and O–H groups in total. The van der Waals surface area contributed by atoms with Crippen LogP contribution in [0.2, 0.25) is 0 Å². The third-order valence-electron chi connectivity index (χ3n) is 5.38. The van der Waals surface area contributed by atoms with Gasteiger partial charge in [-0.1, -0.05) is 38.5 Å². The number of hydrogen-bond acceptors (Lipinski definition) is 2. The number of benzene rings is 1. The second-order valence-electron chi connectivity index (χ2n) is 7.16. The Kier molecular flexibility index (Phi) is 4.55. The van der Waals surface area contributed by atoms with E-state index in [0.717, 1.165) is 6.42 Å². The molecule has 3 unspecified atom stereocenters. The lowest BCUT2D eigenvalue weighted by molar-refractivity contribution is 0.0346. The van der Waals surface area contributed by atoms with Crippen molar-refractivity contribution < 1.29 is 5.11 Å². The fourth-order valence-electron chi connectivity index (χ4n) is 3.74. The van der Waals surface area contributed by atoms with E-state index in [-0.39, 0.29) is 17.4 Å². The standard InChI is InChI=1S/C18H29NO/c1-12-7-8-14(10-13(12)2)15(11-19)17(20)16-6-5-9-18(16,3)4/h7-8,10,15-17,20H,5-6,9,11,19H2,1-4H3. The van der Waals surface area contributed by atoms with Crippen molar-refractivity contribution in [1.29, 1.82) is 0 Å². The first-order valence-corrected chi connectivity index (χ1v) is 7.82. The molecule has 0 aromatic heterocycles. The molecule has 3 atom stereocenters. The van der Waals surface area contributed by atoms with Crippen molar-refractivity contribution in [3.63, 3.8) is 0 Å². The predicted molar refractivity (Wildman–Crippen MR) is 84.8 cm³/mol. The van der Waals surface area contributed by atoms with Crippen molar-refractivity contribution in [2.24, 2.45) is 17.1 Å². The van der Waals surface area contributed by atoms with Crippen LogP contribution in [0.5, 0.6) is 0 Å². The number of aliphatic hydroxyl groups excluding tert-OH is 1. The second-order valence-corrected chi connectivity index (χ2v) is 7.16. The topological polar surface area (TPSA) is 46.2 Å². The molecule has 112 valence electrons. The van der Waals surface area contributed by atoms with Gasteiger partial charge in [-0.3, -0.25) is 0 Å². The van der Waals surface area contributed by atoms with Crippen molar-refractivity contribution in [2.45, 2.75) is 59.0 Å². The Balaban J connectivity index is 2.25. The summed E-state index contributed by atoms with van der Waals surface area (Å²) < 4.78 is 0. The van der Waals surface area contributed by atoms with Crippen LogP contribution < -0.4 is 5.73 Å². The summed E-state index contributed by atoms with van der Waals surface area (Å²) in [5.41, 5.74) is 9.97.